The van der Waals surface area contributed by atoms with Crippen LogP contribution in [0.25, 0.3) is 0 Å². The van der Waals surface area contributed by atoms with Crippen molar-refractivity contribution in [1.82, 2.24) is 0 Å². The molecular weight excluding hydrogens is 209 g/mol. The predicted octanol–water partition coefficient (Wildman–Crippen LogP) is 1.57. The molecule has 1 unspecified atom stereocenters. The fourth-order valence-corrected chi connectivity index (χ4v) is 1.30. The second kappa shape index (κ2) is 4.59. The summed E-state index contributed by atoms with van der Waals surface area (Å²) in [6.07, 6.45) is 0.248. The summed E-state index contributed by atoms with van der Waals surface area (Å²) in [4.78, 5) is 0. The van der Waals surface area contributed by atoms with Crippen molar-refractivity contribution in [3.8, 4) is 5.75 Å². The van der Waals surface area contributed by atoms with Crippen LogP contribution in [0, 0.1) is 5.82 Å². The molecule has 0 amide bonds. The number of nitrogens with two attached hydrogens (primary N) is 1. The van der Waals surface area contributed by atoms with Gasteiger partial charge < -0.3 is 15.9 Å². The van der Waals surface area contributed by atoms with Gasteiger partial charge in [-0.25, -0.2) is 4.39 Å². The van der Waals surface area contributed by atoms with Gasteiger partial charge in [0.25, 0.3) is 0 Å². The largest absolute Gasteiger partial charge is 0.506 e. The molecule has 0 aromatic heterocycles. The van der Waals surface area contributed by atoms with Gasteiger partial charge in [0.05, 0.1) is 5.02 Å². The van der Waals surface area contributed by atoms with Gasteiger partial charge in [-0.05, 0) is 12.5 Å². The molecule has 0 aliphatic carbocycles. The predicted molar refractivity (Wildman–Crippen MR) is 51.7 cm³/mol. The molecule has 0 saturated carbocycles. The highest BCUT2D eigenvalue weighted by Crippen LogP contribution is 2.29. The van der Waals surface area contributed by atoms with Crippen molar-refractivity contribution in [3.63, 3.8) is 0 Å². The number of aromatic hydroxyl groups is 1. The maximum atomic E-state index is 13.2. The van der Waals surface area contributed by atoms with E-state index in [1.807, 2.05) is 0 Å². The van der Waals surface area contributed by atoms with Crippen LogP contribution in [0.2, 0.25) is 5.02 Å². The first kappa shape index (κ1) is 11.2. The van der Waals surface area contributed by atoms with Crippen molar-refractivity contribution in [3.05, 3.63) is 28.5 Å². The first-order valence-corrected chi connectivity index (χ1v) is 4.48. The molecule has 1 rings (SSSR count). The van der Waals surface area contributed by atoms with Crippen LogP contribution < -0.4 is 5.73 Å². The molecule has 0 spiro atoms. The van der Waals surface area contributed by atoms with Crippen molar-refractivity contribution in [2.75, 3.05) is 6.61 Å². The molecule has 0 fully saturated rings. The molecule has 3 nitrogen and oxygen atoms in total. The number of rotatable bonds is 3. The lowest BCUT2D eigenvalue weighted by molar-refractivity contribution is 0.275. The fraction of sp³-hybridized carbons (Fsp3) is 0.333. The quantitative estimate of drug-likeness (QED) is 0.723. The van der Waals surface area contributed by atoms with E-state index in [-0.39, 0.29) is 29.4 Å². The van der Waals surface area contributed by atoms with E-state index in [0.29, 0.717) is 0 Å². The highest BCUT2D eigenvalue weighted by Gasteiger charge is 2.13. The highest BCUT2D eigenvalue weighted by atomic mass is 35.5. The zero-order valence-corrected chi connectivity index (χ0v) is 8.13. The zero-order valence-electron chi connectivity index (χ0n) is 7.37. The van der Waals surface area contributed by atoms with E-state index in [2.05, 4.69) is 0 Å². The summed E-state index contributed by atoms with van der Waals surface area (Å²) in [6, 6.07) is 1.57. The summed E-state index contributed by atoms with van der Waals surface area (Å²) in [5.74, 6) is -0.933. The molecule has 0 aliphatic heterocycles. The Kier molecular flexibility index (Phi) is 3.69. The Balaban J connectivity index is 3.02. The maximum Gasteiger partial charge on any atom is 0.137 e. The van der Waals surface area contributed by atoms with Crippen LogP contribution in [0.1, 0.15) is 18.0 Å². The van der Waals surface area contributed by atoms with Crippen molar-refractivity contribution in [1.29, 1.82) is 0 Å². The second-order valence-electron chi connectivity index (χ2n) is 2.94. The zero-order chi connectivity index (χ0) is 10.7. The number of phenolic OH excluding ortho intramolecular Hbond substituents is 1. The molecule has 0 radical (unpaired) electrons. The maximum absolute atomic E-state index is 13.2. The number of benzene rings is 1. The average Bonchev–Trinajstić information content (AvgIpc) is 2.11. The summed E-state index contributed by atoms with van der Waals surface area (Å²) in [7, 11) is 0. The Labute approximate surface area is 85.9 Å². The molecule has 1 atom stereocenters. The monoisotopic (exact) mass is 219 g/mol. The Morgan fingerprint density at radius 2 is 2.14 bits per heavy atom. The lowest BCUT2D eigenvalue weighted by atomic mass is 10.0. The molecule has 1 aromatic carbocycles. The first-order valence-electron chi connectivity index (χ1n) is 4.10. The van der Waals surface area contributed by atoms with Gasteiger partial charge in [-0.1, -0.05) is 11.6 Å². The van der Waals surface area contributed by atoms with Crippen molar-refractivity contribution < 1.29 is 14.6 Å². The standard InChI is InChI=1S/C9H11ClFNO2/c10-6-3-5(8(12)1-2-13)7(11)4-9(6)14/h3-4,8,13-14H,1-2,12H2. The highest BCUT2D eigenvalue weighted by molar-refractivity contribution is 6.32. The Hall–Kier alpha value is -0.840. The smallest absolute Gasteiger partial charge is 0.137 e. The van der Waals surface area contributed by atoms with Crippen LogP contribution in [0.15, 0.2) is 12.1 Å². The van der Waals surface area contributed by atoms with E-state index in [9.17, 15) is 4.39 Å². The number of phenols is 1. The minimum atomic E-state index is -0.618. The van der Waals surface area contributed by atoms with Crippen LogP contribution in [0.4, 0.5) is 4.39 Å². The third-order valence-corrected chi connectivity index (χ3v) is 2.21. The first-order chi connectivity index (χ1) is 6.56. The van der Waals surface area contributed by atoms with Gasteiger partial charge in [-0.3, -0.25) is 0 Å². The minimum absolute atomic E-state index is 0.0507. The van der Waals surface area contributed by atoms with Crippen LogP contribution in [-0.2, 0) is 0 Å². The summed E-state index contributed by atoms with van der Waals surface area (Å²) < 4.78 is 13.2. The molecule has 1 aromatic rings. The van der Waals surface area contributed by atoms with Crippen LogP contribution >= 0.6 is 11.6 Å². The Bertz CT molecular complexity index is 333. The molecule has 4 N–H and O–H groups in total. The van der Waals surface area contributed by atoms with E-state index >= 15 is 0 Å². The summed E-state index contributed by atoms with van der Waals surface area (Å²) in [5, 5.41) is 17.8. The second-order valence-corrected chi connectivity index (χ2v) is 3.35. The molecule has 78 valence electrons. The third kappa shape index (κ3) is 2.35. The Morgan fingerprint density at radius 3 is 2.71 bits per heavy atom. The normalized spacial score (nSPS) is 12.9. The van der Waals surface area contributed by atoms with Gasteiger partial charge >= 0.3 is 0 Å². The number of hydrogen-bond acceptors (Lipinski definition) is 3. The van der Waals surface area contributed by atoms with Gasteiger partial charge in [0.1, 0.15) is 11.6 Å². The SMILES string of the molecule is NC(CCO)c1cc(Cl)c(O)cc1F. The fourth-order valence-electron chi connectivity index (χ4n) is 1.13. The van der Waals surface area contributed by atoms with Gasteiger partial charge in [-0.15, -0.1) is 0 Å². The van der Waals surface area contributed by atoms with E-state index < -0.39 is 11.9 Å². The van der Waals surface area contributed by atoms with E-state index in [1.165, 1.54) is 6.07 Å². The molecule has 0 saturated heterocycles. The molecule has 0 bridgehead atoms. The van der Waals surface area contributed by atoms with E-state index in [4.69, 9.17) is 27.5 Å². The molecular formula is C9H11ClFNO2. The van der Waals surface area contributed by atoms with Crippen molar-refractivity contribution in [2.45, 2.75) is 12.5 Å². The lowest BCUT2D eigenvalue weighted by Gasteiger charge is -2.12. The van der Waals surface area contributed by atoms with Crippen LogP contribution in [0.3, 0.4) is 0 Å². The van der Waals surface area contributed by atoms with Gasteiger partial charge in [0.15, 0.2) is 0 Å². The van der Waals surface area contributed by atoms with Gasteiger partial charge in [-0.2, -0.15) is 0 Å². The molecule has 0 aliphatic rings. The van der Waals surface area contributed by atoms with Crippen LogP contribution in [0.5, 0.6) is 5.75 Å². The van der Waals surface area contributed by atoms with Gasteiger partial charge in [0.2, 0.25) is 0 Å². The van der Waals surface area contributed by atoms with E-state index in [1.54, 1.807) is 0 Å². The topological polar surface area (TPSA) is 66.5 Å². The summed E-state index contributed by atoms with van der Waals surface area (Å²) in [5.41, 5.74) is 5.78. The van der Waals surface area contributed by atoms with Crippen molar-refractivity contribution in [2.24, 2.45) is 5.73 Å². The average molecular weight is 220 g/mol. The van der Waals surface area contributed by atoms with Crippen molar-refractivity contribution >= 4 is 11.6 Å². The number of aliphatic hydroxyl groups is 1. The Morgan fingerprint density at radius 1 is 1.50 bits per heavy atom. The minimum Gasteiger partial charge on any atom is -0.506 e. The third-order valence-electron chi connectivity index (χ3n) is 1.91. The lowest BCUT2D eigenvalue weighted by Crippen LogP contribution is -2.13. The number of aliphatic hydroxyl groups excluding tert-OH is 1. The summed E-state index contributed by atoms with van der Waals surface area (Å²) in [6.45, 7) is -0.126. The summed E-state index contributed by atoms with van der Waals surface area (Å²) >= 11 is 5.60. The van der Waals surface area contributed by atoms with Gasteiger partial charge in [0, 0.05) is 24.3 Å². The molecule has 0 heterocycles. The number of halogens is 2. The molecule has 5 heteroatoms. The number of hydrogen-bond donors (Lipinski definition) is 3. The van der Waals surface area contributed by atoms with Crippen LogP contribution in [-0.4, -0.2) is 16.8 Å². The molecule has 14 heavy (non-hydrogen) atoms. The van der Waals surface area contributed by atoms with E-state index in [0.717, 1.165) is 6.07 Å².